The molecule has 8 aromatic carbocycles. The minimum absolute atomic E-state index is 0.339. The number of para-hydroxylation sites is 1. The summed E-state index contributed by atoms with van der Waals surface area (Å²) in [6.45, 7) is 0.653. The highest BCUT2D eigenvalue weighted by atomic mass is 32.1. The number of rotatable bonds is 9. The Morgan fingerprint density at radius 3 is 1.91 bits per heavy atom. The average Bonchev–Trinajstić information content (AvgIpc) is 3.92. The molecule has 0 radical (unpaired) electrons. The lowest BCUT2D eigenvalue weighted by atomic mass is 9.67. The highest BCUT2D eigenvalue weighted by molar-refractivity contribution is 7.26. The van der Waals surface area contributed by atoms with Gasteiger partial charge in [0.15, 0.2) is 0 Å². The van der Waals surface area contributed by atoms with Crippen LogP contribution in [0.15, 0.2) is 194 Å². The number of fused-ring (bicyclic) bond motifs is 9. The molecule has 2 atom stereocenters. The van der Waals surface area contributed by atoms with Crippen molar-refractivity contribution in [1.82, 2.24) is 15.2 Å². The Labute approximate surface area is 335 Å². The van der Waals surface area contributed by atoms with Crippen molar-refractivity contribution in [2.45, 2.75) is 24.4 Å². The largest absolute Gasteiger partial charge is 0.312 e. The second kappa shape index (κ2) is 13.7. The summed E-state index contributed by atoms with van der Waals surface area (Å²) < 4.78 is 5.03. The van der Waals surface area contributed by atoms with Crippen LogP contribution in [0.25, 0.3) is 53.1 Å². The van der Waals surface area contributed by atoms with Gasteiger partial charge in [-0.25, -0.2) is 0 Å². The Balaban J connectivity index is 1.10. The van der Waals surface area contributed by atoms with Crippen molar-refractivity contribution >= 4 is 53.3 Å². The quantitative estimate of drug-likeness (QED) is 0.129. The van der Waals surface area contributed by atoms with Crippen molar-refractivity contribution in [3.63, 3.8) is 0 Å². The molecular weight excluding hydrogens is 713 g/mol. The fraction of sp³-hybridized carbons (Fsp3) is 0.0769. The van der Waals surface area contributed by atoms with E-state index in [4.69, 9.17) is 5.73 Å². The van der Waals surface area contributed by atoms with Crippen molar-refractivity contribution in [3.8, 4) is 11.1 Å². The van der Waals surface area contributed by atoms with Crippen LogP contribution in [0.3, 0.4) is 0 Å². The third kappa shape index (κ3) is 5.32. The number of nitrogens with two attached hydrogens (primary N) is 1. The number of nitrogens with zero attached hydrogens (tertiary/aromatic N) is 1. The summed E-state index contributed by atoms with van der Waals surface area (Å²) in [7, 11) is 0. The summed E-state index contributed by atoms with van der Waals surface area (Å²) in [4.78, 5) is 0. The molecule has 0 bridgehead atoms. The van der Waals surface area contributed by atoms with Gasteiger partial charge in [-0.1, -0.05) is 170 Å². The zero-order chi connectivity index (χ0) is 37.9. The van der Waals surface area contributed by atoms with Crippen molar-refractivity contribution in [2.75, 3.05) is 0 Å². The van der Waals surface area contributed by atoms with Gasteiger partial charge in [0.05, 0.1) is 22.6 Å². The zero-order valence-electron chi connectivity index (χ0n) is 31.3. The van der Waals surface area contributed by atoms with E-state index < -0.39 is 11.6 Å². The SMILES string of the molecule is NC(NC(NCc1cccc2c1sc1ccccc12)n1c2ccccc2c2cc(C3(c4ccccc4)c4ccccc4-c4ccccc43)ccc21)c1ccccc1. The molecule has 1 aliphatic carbocycles. The number of thiophene rings is 1. The van der Waals surface area contributed by atoms with E-state index in [1.54, 1.807) is 0 Å². The molecule has 0 spiro atoms. The minimum atomic E-state index is -0.486. The van der Waals surface area contributed by atoms with Crippen LogP contribution in [-0.2, 0) is 12.0 Å². The van der Waals surface area contributed by atoms with Crippen molar-refractivity contribution < 1.29 is 0 Å². The van der Waals surface area contributed by atoms with Crippen molar-refractivity contribution in [1.29, 1.82) is 0 Å². The number of hydrogen-bond donors (Lipinski definition) is 3. The summed E-state index contributed by atoms with van der Waals surface area (Å²) in [5.74, 6) is 0. The average molecular weight is 753 g/mol. The molecule has 2 unspecified atom stereocenters. The Hall–Kier alpha value is -6.34. The molecule has 0 amide bonds. The van der Waals surface area contributed by atoms with E-state index in [1.807, 2.05) is 29.5 Å². The molecule has 1 aliphatic rings. The van der Waals surface area contributed by atoms with Gasteiger partial charge >= 0.3 is 0 Å². The van der Waals surface area contributed by atoms with E-state index in [-0.39, 0.29) is 6.29 Å². The first-order valence-corrected chi connectivity index (χ1v) is 20.5. The minimum Gasteiger partial charge on any atom is -0.312 e. The van der Waals surface area contributed by atoms with Gasteiger partial charge in [-0.2, -0.15) is 0 Å². The standard InChI is InChI=1S/C52H40N4S/c53-50(34-16-3-1-4-17-34)55-51(54-33-35-18-15-25-42-41-24-10-14-29-48(41)57-49(35)42)56-46-28-13-9-23-40(46)43-32-37(30-31-47(43)56)52(36-19-5-2-6-20-36)44-26-11-7-21-38(44)39-22-8-12-27-45(39)52/h1-32,50-51,54-55H,33,53H2. The van der Waals surface area contributed by atoms with Gasteiger partial charge in [-0.15, -0.1) is 11.3 Å². The molecule has 11 rings (SSSR count). The van der Waals surface area contributed by atoms with Crippen LogP contribution < -0.4 is 16.4 Å². The van der Waals surface area contributed by atoms with Crippen LogP contribution in [0.5, 0.6) is 0 Å². The van der Waals surface area contributed by atoms with Gasteiger partial charge < -0.3 is 10.3 Å². The molecule has 0 saturated heterocycles. The van der Waals surface area contributed by atoms with Gasteiger partial charge in [0.25, 0.3) is 0 Å². The Bertz CT molecular complexity index is 3040. The van der Waals surface area contributed by atoms with E-state index in [0.717, 1.165) is 16.6 Å². The number of nitrogens with one attached hydrogen (secondary N) is 2. The van der Waals surface area contributed by atoms with Gasteiger partial charge in [0, 0.05) is 37.5 Å². The summed E-state index contributed by atoms with van der Waals surface area (Å²) in [6.07, 6.45) is -0.749. The van der Waals surface area contributed by atoms with E-state index >= 15 is 0 Å². The number of aromatic nitrogens is 1. The molecule has 57 heavy (non-hydrogen) atoms. The summed E-state index contributed by atoms with van der Waals surface area (Å²) >= 11 is 1.86. The lowest BCUT2D eigenvalue weighted by Gasteiger charge is -2.34. The highest BCUT2D eigenvalue weighted by Crippen LogP contribution is 2.56. The highest BCUT2D eigenvalue weighted by Gasteiger charge is 2.46. The predicted molar refractivity (Wildman–Crippen MR) is 238 cm³/mol. The Morgan fingerprint density at radius 1 is 0.526 bits per heavy atom. The fourth-order valence-corrected chi connectivity index (χ4v) is 10.7. The van der Waals surface area contributed by atoms with Crippen molar-refractivity contribution in [3.05, 3.63) is 228 Å². The third-order valence-corrected chi connectivity index (χ3v) is 13.3. The van der Waals surface area contributed by atoms with E-state index in [0.29, 0.717) is 6.54 Å². The zero-order valence-corrected chi connectivity index (χ0v) is 32.1. The molecular formula is C52H40N4S. The van der Waals surface area contributed by atoms with Crippen LogP contribution in [-0.4, -0.2) is 4.57 Å². The molecule has 5 heteroatoms. The molecule has 10 aromatic rings. The Kier molecular flexibility index (Phi) is 8.16. The fourth-order valence-electron chi connectivity index (χ4n) is 9.53. The first kappa shape index (κ1) is 34.0. The predicted octanol–water partition coefficient (Wildman–Crippen LogP) is 12.0. The maximum Gasteiger partial charge on any atom is 0.141 e. The molecule has 0 aliphatic heterocycles. The number of hydrogen-bond acceptors (Lipinski definition) is 4. The van der Waals surface area contributed by atoms with Gasteiger partial charge in [-0.05, 0) is 68.8 Å². The van der Waals surface area contributed by atoms with Crippen LogP contribution >= 0.6 is 11.3 Å². The molecule has 4 nitrogen and oxygen atoms in total. The lowest BCUT2D eigenvalue weighted by molar-refractivity contribution is 0.306. The van der Waals surface area contributed by atoms with E-state index in [1.165, 1.54) is 69.9 Å². The molecule has 2 heterocycles. The summed E-state index contributed by atoms with van der Waals surface area (Å²) in [5.41, 5.74) is 18.8. The third-order valence-electron chi connectivity index (χ3n) is 12.0. The molecule has 274 valence electrons. The topological polar surface area (TPSA) is 55.0 Å². The first-order chi connectivity index (χ1) is 28.2. The van der Waals surface area contributed by atoms with E-state index in [9.17, 15) is 0 Å². The summed E-state index contributed by atoms with van der Waals surface area (Å²) in [6, 6.07) is 70.5. The maximum atomic E-state index is 7.02. The summed E-state index contributed by atoms with van der Waals surface area (Å²) in [5, 5.41) is 12.8. The van der Waals surface area contributed by atoms with Crippen LogP contribution in [0.4, 0.5) is 0 Å². The number of benzene rings is 8. The van der Waals surface area contributed by atoms with Crippen LogP contribution in [0.1, 0.15) is 45.8 Å². The molecule has 0 fully saturated rings. The van der Waals surface area contributed by atoms with Gasteiger partial charge in [-0.3, -0.25) is 10.6 Å². The van der Waals surface area contributed by atoms with Crippen molar-refractivity contribution in [2.24, 2.45) is 5.73 Å². The maximum absolute atomic E-state index is 7.02. The second-order valence-electron chi connectivity index (χ2n) is 15.1. The van der Waals surface area contributed by atoms with Gasteiger partial charge in [0.2, 0.25) is 0 Å². The van der Waals surface area contributed by atoms with E-state index in [2.05, 4.69) is 191 Å². The Morgan fingerprint density at radius 2 is 1.14 bits per heavy atom. The van der Waals surface area contributed by atoms with Gasteiger partial charge in [0.1, 0.15) is 6.29 Å². The smallest absolute Gasteiger partial charge is 0.141 e. The molecule has 4 N–H and O–H groups in total. The lowest BCUT2D eigenvalue weighted by Crippen LogP contribution is -2.43. The monoisotopic (exact) mass is 752 g/mol. The second-order valence-corrected chi connectivity index (χ2v) is 16.1. The van der Waals surface area contributed by atoms with Crippen LogP contribution in [0.2, 0.25) is 0 Å². The molecule has 0 saturated carbocycles. The normalized spacial score (nSPS) is 14.3. The van der Waals surface area contributed by atoms with Crippen LogP contribution in [0, 0.1) is 0 Å². The first-order valence-electron chi connectivity index (χ1n) is 19.7. The molecule has 2 aromatic heterocycles.